The Morgan fingerprint density at radius 2 is 2.13 bits per heavy atom. The zero-order valence-corrected chi connectivity index (χ0v) is 15.5. The maximum atomic E-state index is 11.6. The summed E-state index contributed by atoms with van der Waals surface area (Å²) in [6.07, 6.45) is 0.613. The van der Waals surface area contributed by atoms with Gasteiger partial charge in [-0.1, -0.05) is 41.0 Å². The van der Waals surface area contributed by atoms with Crippen molar-refractivity contribution in [3.63, 3.8) is 0 Å². The van der Waals surface area contributed by atoms with Crippen molar-refractivity contribution in [3.8, 4) is 0 Å². The number of rotatable bonds is 4. The monoisotopic (exact) mass is 391 g/mol. The summed E-state index contributed by atoms with van der Waals surface area (Å²) >= 11 is 13.6. The lowest BCUT2D eigenvalue weighted by atomic mass is 10.1. The summed E-state index contributed by atoms with van der Waals surface area (Å²) in [7, 11) is -1.07. The summed E-state index contributed by atoms with van der Waals surface area (Å²) in [6.45, 7) is 0. The molecule has 0 amide bonds. The Morgan fingerprint density at radius 3 is 2.78 bits per heavy atom. The van der Waals surface area contributed by atoms with Crippen LogP contribution in [-0.4, -0.2) is 34.7 Å². The zero-order chi connectivity index (χ0) is 16.6. The van der Waals surface area contributed by atoms with Gasteiger partial charge in [-0.25, -0.2) is 8.42 Å². The normalized spacial score (nSPS) is 20.0. The van der Waals surface area contributed by atoms with Crippen LogP contribution in [0.25, 0.3) is 0 Å². The highest BCUT2D eigenvalue weighted by atomic mass is 35.5. The molecule has 3 rings (SSSR count). The Morgan fingerprint density at radius 1 is 1.35 bits per heavy atom. The minimum absolute atomic E-state index is 0.0639. The first-order valence-electron chi connectivity index (χ1n) is 7.02. The molecule has 0 aliphatic carbocycles. The summed E-state index contributed by atoms with van der Waals surface area (Å²) < 4.78 is 25.1. The van der Waals surface area contributed by atoms with Gasteiger partial charge in [0.25, 0.3) is 0 Å². The summed E-state index contributed by atoms with van der Waals surface area (Å²) in [5, 5.41) is 10.3. The van der Waals surface area contributed by atoms with Crippen molar-refractivity contribution in [1.29, 1.82) is 0 Å². The molecule has 1 aromatic heterocycles. The Kier molecular flexibility index (Phi) is 4.92. The van der Waals surface area contributed by atoms with Crippen molar-refractivity contribution >= 4 is 44.8 Å². The van der Waals surface area contributed by atoms with Crippen LogP contribution in [0, 0.1) is 0 Å². The average molecular weight is 392 g/mol. The first-order valence-corrected chi connectivity index (χ1v) is 10.6. The molecule has 1 saturated heterocycles. The predicted molar refractivity (Wildman–Crippen MR) is 93.0 cm³/mol. The highest BCUT2D eigenvalue weighted by Gasteiger charge is 2.32. The summed E-state index contributed by atoms with van der Waals surface area (Å²) in [5.74, 6) is 1.70. The average Bonchev–Trinajstić information content (AvgIpc) is 3.01. The van der Waals surface area contributed by atoms with Gasteiger partial charge in [-0.05, 0) is 24.1 Å². The Labute approximate surface area is 149 Å². The number of hydrogen-bond donors (Lipinski definition) is 0. The summed E-state index contributed by atoms with van der Waals surface area (Å²) in [5.41, 5.74) is 0.967. The molecule has 1 atom stereocenters. The van der Waals surface area contributed by atoms with Gasteiger partial charge in [-0.2, -0.15) is 0 Å². The van der Waals surface area contributed by atoms with Crippen LogP contribution in [0.1, 0.15) is 23.7 Å². The number of halogens is 2. The molecule has 0 saturated carbocycles. The van der Waals surface area contributed by atoms with Gasteiger partial charge in [0.1, 0.15) is 5.82 Å². The maximum absolute atomic E-state index is 11.6. The Balaban J connectivity index is 1.72. The number of nitrogens with zero attached hydrogens (tertiary/aromatic N) is 3. The lowest BCUT2D eigenvalue weighted by molar-refractivity contribution is 0.599. The molecule has 0 N–H and O–H groups in total. The van der Waals surface area contributed by atoms with Crippen LogP contribution in [0.4, 0.5) is 0 Å². The highest BCUT2D eigenvalue weighted by Crippen LogP contribution is 2.31. The van der Waals surface area contributed by atoms with Gasteiger partial charge in [0, 0.05) is 28.8 Å². The SMILES string of the molecule is Cn1c(SCc2ccc(Cl)cc2Cl)nnc1[C@@H]1CCS(=O)(=O)C1. The van der Waals surface area contributed by atoms with Crippen LogP contribution in [0.3, 0.4) is 0 Å². The van der Waals surface area contributed by atoms with E-state index in [0.717, 1.165) is 16.5 Å². The van der Waals surface area contributed by atoms with Crippen LogP contribution in [0.2, 0.25) is 10.0 Å². The minimum atomic E-state index is -2.93. The number of benzene rings is 1. The van der Waals surface area contributed by atoms with Gasteiger partial charge in [-0.15, -0.1) is 10.2 Å². The lowest BCUT2D eigenvalue weighted by Gasteiger charge is -2.08. The molecule has 0 radical (unpaired) electrons. The number of thioether (sulfide) groups is 1. The van der Waals surface area contributed by atoms with E-state index in [1.54, 1.807) is 12.1 Å². The second-order valence-electron chi connectivity index (χ2n) is 5.52. The van der Waals surface area contributed by atoms with E-state index in [1.807, 2.05) is 17.7 Å². The lowest BCUT2D eigenvalue weighted by Crippen LogP contribution is -2.09. The van der Waals surface area contributed by atoms with E-state index in [1.165, 1.54) is 11.8 Å². The van der Waals surface area contributed by atoms with Crippen LogP contribution in [0.5, 0.6) is 0 Å². The molecular formula is C14H15Cl2N3O2S2. The maximum Gasteiger partial charge on any atom is 0.191 e. The van der Waals surface area contributed by atoms with Crippen molar-refractivity contribution in [1.82, 2.24) is 14.8 Å². The number of aromatic nitrogens is 3. The molecule has 2 heterocycles. The third-order valence-corrected chi connectivity index (χ3v) is 7.26. The minimum Gasteiger partial charge on any atom is -0.309 e. The van der Waals surface area contributed by atoms with Crippen molar-refractivity contribution in [2.75, 3.05) is 11.5 Å². The van der Waals surface area contributed by atoms with E-state index >= 15 is 0 Å². The topological polar surface area (TPSA) is 64.8 Å². The van der Waals surface area contributed by atoms with E-state index in [2.05, 4.69) is 10.2 Å². The number of hydrogen-bond acceptors (Lipinski definition) is 5. The van der Waals surface area contributed by atoms with Crippen LogP contribution >= 0.6 is 35.0 Å². The molecular weight excluding hydrogens is 377 g/mol. The van der Waals surface area contributed by atoms with Crippen LogP contribution in [-0.2, 0) is 22.6 Å². The van der Waals surface area contributed by atoms with E-state index in [9.17, 15) is 8.42 Å². The predicted octanol–water partition coefficient (Wildman–Crippen LogP) is 3.32. The molecule has 0 unspecified atom stereocenters. The highest BCUT2D eigenvalue weighted by molar-refractivity contribution is 7.98. The fraction of sp³-hybridized carbons (Fsp3) is 0.429. The first kappa shape index (κ1) is 17.1. The number of sulfone groups is 1. The van der Waals surface area contributed by atoms with E-state index in [0.29, 0.717) is 22.2 Å². The fourth-order valence-corrected chi connectivity index (χ4v) is 5.80. The summed E-state index contributed by atoms with van der Waals surface area (Å²) in [6, 6.07) is 5.40. The molecule has 1 aliphatic rings. The van der Waals surface area contributed by atoms with Crippen LogP contribution < -0.4 is 0 Å². The van der Waals surface area contributed by atoms with Gasteiger partial charge < -0.3 is 4.57 Å². The van der Waals surface area contributed by atoms with E-state index in [-0.39, 0.29) is 17.4 Å². The van der Waals surface area contributed by atoms with Crippen LogP contribution in [0.15, 0.2) is 23.4 Å². The molecule has 5 nitrogen and oxygen atoms in total. The molecule has 9 heteroatoms. The molecule has 1 aromatic carbocycles. The molecule has 124 valence electrons. The molecule has 0 bridgehead atoms. The van der Waals surface area contributed by atoms with E-state index < -0.39 is 9.84 Å². The van der Waals surface area contributed by atoms with Crippen molar-refractivity contribution in [2.24, 2.45) is 7.05 Å². The van der Waals surface area contributed by atoms with Crippen molar-refractivity contribution in [3.05, 3.63) is 39.6 Å². The molecule has 2 aromatic rings. The Hall–Kier alpha value is -0.760. The van der Waals surface area contributed by atoms with Gasteiger partial charge >= 0.3 is 0 Å². The first-order chi connectivity index (χ1) is 10.9. The fourth-order valence-electron chi connectivity index (χ4n) is 2.59. The quantitative estimate of drug-likeness (QED) is 0.747. The zero-order valence-electron chi connectivity index (χ0n) is 12.4. The van der Waals surface area contributed by atoms with Gasteiger partial charge in [-0.3, -0.25) is 0 Å². The third-order valence-electron chi connectivity index (χ3n) is 3.84. The summed E-state index contributed by atoms with van der Waals surface area (Å²) in [4.78, 5) is 0. The van der Waals surface area contributed by atoms with Gasteiger partial charge in [0.2, 0.25) is 0 Å². The second-order valence-corrected chi connectivity index (χ2v) is 9.54. The molecule has 1 fully saturated rings. The smallest absolute Gasteiger partial charge is 0.191 e. The molecule has 1 aliphatic heterocycles. The van der Waals surface area contributed by atoms with E-state index in [4.69, 9.17) is 23.2 Å². The largest absolute Gasteiger partial charge is 0.309 e. The molecule has 0 spiro atoms. The van der Waals surface area contributed by atoms with Crippen molar-refractivity contribution in [2.45, 2.75) is 23.2 Å². The Bertz CT molecular complexity index is 837. The second kappa shape index (κ2) is 6.63. The van der Waals surface area contributed by atoms with Crippen molar-refractivity contribution < 1.29 is 8.42 Å². The standard InChI is InChI=1S/C14H15Cl2N3O2S2/c1-19-13(10-4-5-23(20,21)8-10)17-18-14(19)22-7-9-2-3-11(15)6-12(9)16/h2-3,6,10H,4-5,7-8H2,1H3/t10-/m1/s1. The third kappa shape index (κ3) is 3.84. The van der Waals surface area contributed by atoms with Gasteiger partial charge in [0.15, 0.2) is 15.0 Å². The molecule has 23 heavy (non-hydrogen) atoms. The van der Waals surface area contributed by atoms with Gasteiger partial charge in [0.05, 0.1) is 11.5 Å².